The van der Waals surface area contributed by atoms with Gasteiger partial charge in [-0.25, -0.2) is 4.79 Å². The number of hydrogen-bond donors (Lipinski definition) is 2. The number of carbonyl (C=O) groups excluding carboxylic acids is 1. The number of allylic oxidation sites excluding steroid dienone is 1. The van der Waals surface area contributed by atoms with E-state index in [9.17, 15) is 14.7 Å². The molecule has 2 aromatic rings. The van der Waals surface area contributed by atoms with Crippen molar-refractivity contribution >= 4 is 29.7 Å². The molecule has 2 aromatic carbocycles. The van der Waals surface area contributed by atoms with Crippen molar-refractivity contribution in [3.63, 3.8) is 0 Å². The molecule has 33 heavy (non-hydrogen) atoms. The Morgan fingerprint density at radius 1 is 1.12 bits per heavy atom. The Balaban J connectivity index is 1.87. The second kappa shape index (κ2) is 12.6. The summed E-state index contributed by atoms with van der Waals surface area (Å²) in [5.41, 5.74) is 4.45. The molecule has 1 aliphatic rings. The Bertz CT molecular complexity index is 979. The number of hydrogen-bond acceptors (Lipinski definition) is 3. The molecule has 0 aliphatic heterocycles. The molecule has 1 amide bonds. The van der Waals surface area contributed by atoms with Crippen LogP contribution in [0.15, 0.2) is 48.5 Å². The second-order valence-electron chi connectivity index (χ2n) is 8.91. The van der Waals surface area contributed by atoms with Crippen molar-refractivity contribution in [1.82, 2.24) is 5.32 Å². The van der Waals surface area contributed by atoms with Gasteiger partial charge >= 0.3 is 5.97 Å². The van der Waals surface area contributed by atoms with Gasteiger partial charge < -0.3 is 10.4 Å². The van der Waals surface area contributed by atoms with Crippen molar-refractivity contribution in [3.8, 4) is 11.1 Å². The van der Waals surface area contributed by atoms with E-state index in [4.69, 9.17) is 0 Å². The van der Waals surface area contributed by atoms with Gasteiger partial charge in [0.05, 0.1) is 0 Å². The lowest BCUT2D eigenvalue weighted by molar-refractivity contribution is -0.139. The Kier molecular flexibility index (Phi) is 9.61. The highest BCUT2D eigenvalue weighted by molar-refractivity contribution is 7.98. The number of benzene rings is 2. The summed E-state index contributed by atoms with van der Waals surface area (Å²) in [5, 5.41) is 12.3. The van der Waals surface area contributed by atoms with Crippen LogP contribution in [-0.4, -0.2) is 35.0 Å². The molecule has 5 heteroatoms. The number of carboxylic acid groups (broad SMARTS) is 1. The van der Waals surface area contributed by atoms with E-state index in [-0.39, 0.29) is 5.91 Å². The third-order valence-electron chi connectivity index (χ3n) is 6.44. The number of aliphatic carboxylic acids is 1. The van der Waals surface area contributed by atoms with Gasteiger partial charge in [0.25, 0.3) is 5.91 Å². The molecule has 1 aliphatic carbocycles. The highest BCUT2D eigenvalue weighted by Crippen LogP contribution is 2.30. The third-order valence-corrected chi connectivity index (χ3v) is 7.09. The van der Waals surface area contributed by atoms with Crippen LogP contribution in [0.1, 0.15) is 66.4 Å². The van der Waals surface area contributed by atoms with Gasteiger partial charge in [-0.3, -0.25) is 4.79 Å². The van der Waals surface area contributed by atoms with Crippen LogP contribution in [0.2, 0.25) is 0 Å². The van der Waals surface area contributed by atoms with E-state index >= 15 is 0 Å². The average Bonchev–Trinajstić information content (AvgIpc) is 2.82. The molecule has 0 spiro atoms. The molecule has 2 N–H and O–H groups in total. The molecule has 1 atom stereocenters. The number of aryl methyl sites for hydroxylation is 1. The maximum absolute atomic E-state index is 13.2. The SMILES string of the molecule is CSCCC(NC(=O)c1ccc(/C=C/CC2CCCCC2)cc1-c1ccccc1C)C(=O)O. The van der Waals surface area contributed by atoms with Crippen molar-refractivity contribution < 1.29 is 14.7 Å². The van der Waals surface area contributed by atoms with Gasteiger partial charge in [-0.15, -0.1) is 0 Å². The van der Waals surface area contributed by atoms with Crippen LogP contribution < -0.4 is 5.32 Å². The predicted molar refractivity (Wildman–Crippen MR) is 139 cm³/mol. The summed E-state index contributed by atoms with van der Waals surface area (Å²) >= 11 is 1.57. The quantitative estimate of drug-likeness (QED) is 0.416. The fraction of sp³-hybridized carbons (Fsp3) is 0.429. The van der Waals surface area contributed by atoms with E-state index in [1.807, 2.05) is 55.6 Å². The molecule has 0 heterocycles. The first-order valence-corrected chi connectivity index (χ1v) is 13.3. The Morgan fingerprint density at radius 2 is 1.88 bits per heavy atom. The van der Waals surface area contributed by atoms with Gasteiger partial charge in [0.1, 0.15) is 6.04 Å². The van der Waals surface area contributed by atoms with Crippen LogP contribution in [0.25, 0.3) is 17.2 Å². The monoisotopic (exact) mass is 465 g/mol. The number of nitrogens with one attached hydrogen (secondary N) is 1. The minimum atomic E-state index is -1.00. The lowest BCUT2D eigenvalue weighted by Crippen LogP contribution is -2.41. The molecule has 0 bridgehead atoms. The average molecular weight is 466 g/mol. The lowest BCUT2D eigenvalue weighted by Gasteiger charge is -2.19. The van der Waals surface area contributed by atoms with E-state index in [1.54, 1.807) is 11.8 Å². The fourth-order valence-corrected chi connectivity index (χ4v) is 4.98. The summed E-state index contributed by atoms with van der Waals surface area (Å²) in [4.78, 5) is 24.8. The van der Waals surface area contributed by atoms with Crippen LogP contribution in [0, 0.1) is 12.8 Å². The summed E-state index contributed by atoms with van der Waals surface area (Å²) in [6.07, 6.45) is 14.5. The summed E-state index contributed by atoms with van der Waals surface area (Å²) in [6, 6.07) is 12.9. The minimum Gasteiger partial charge on any atom is -0.480 e. The Labute approximate surface area is 201 Å². The Hall–Kier alpha value is -2.53. The molecule has 1 saturated carbocycles. The van der Waals surface area contributed by atoms with Gasteiger partial charge in [0, 0.05) is 5.56 Å². The number of thioether (sulfide) groups is 1. The summed E-state index contributed by atoms with van der Waals surface area (Å²) in [7, 11) is 0. The van der Waals surface area contributed by atoms with E-state index in [0.717, 1.165) is 34.6 Å². The lowest BCUT2D eigenvalue weighted by atomic mass is 9.87. The third kappa shape index (κ3) is 7.23. The molecule has 4 nitrogen and oxygen atoms in total. The first-order chi connectivity index (χ1) is 16.0. The number of rotatable bonds is 10. The van der Waals surface area contributed by atoms with Gasteiger partial charge in [-0.05, 0) is 72.1 Å². The Morgan fingerprint density at radius 3 is 2.58 bits per heavy atom. The molecule has 0 aromatic heterocycles. The van der Waals surface area contributed by atoms with Crippen LogP contribution in [0.5, 0.6) is 0 Å². The van der Waals surface area contributed by atoms with Crippen LogP contribution in [-0.2, 0) is 4.79 Å². The molecule has 176 valence electrons. The standard InChI is InChI=1S/C28H35NO3S/c1-20-9-6-7-14-23(20)25-19-22(13-8-12-21-10-4-3-5-11-21)15-16-24(25)27(30)29-26(28(31)32)17-18-33-2/h6-9,13-16,19,21,26H,3-5,10-12,17-18H2,1-2H3,(H,29,30)(H,31,32)/b13-8+. The van der Waals surface area contributed by atoms with E-state index in [1.165, 1.54) is 32.1 Å². The second-order valence-corrected chi connectivity index (χ2v) is 9.89. The first kappa shape index (κ1) is 25.1. The minimum absolute atomic E-state index is 0.348. The zero-order valence-electron chi connectivity index (χ0n) is 19.7. The fourth-order valence-electron chi connectivity index (χ4n) is 4.51. The maximum atomic E-state index is 13.2. The van der Waals surface area contributed by atoms with Gasteiger partial charge in [0.15, 0.2) is 0 Å². The molecular weight excluding hydrogens is 430 g/mol. The van der Waals surface area contributed by atoms with E-state index in [0.29, 0.717) is 17.7 Å². The van der Waals surface area contributed by atoms with Crippen molar-refractivity contribution in [1.29, 1.82) is 0 Å². The van der Waals surface area contributed by atoms with Gasteiger partial charge in [-0.1, -0.05) is 74.6 Å². The van der Waals surface area contributed by atoms with Crippen LogP contribution in [0.3, 0.4) is 0 Å². The van der Waals surface area contributed by atoms with Crippen LogP contribution >= 0.6 is 11.8 Å². The summed E-state index contributed by atoms with van der Waals surface area (Å²) in [5.74, 6) is 0.105. The normalized spacial score (nSPS) is 15.5. The molecular formula is C28H35NO3S. The molecule has 3 rings (SSSR count). The summed E-state index contributed by atoms with van der Waals surface area (Å²) < 4.78 is 0. The topological polar surface area (TPSA) is 66.4 Å². The molecule has 0 saturated heterocycles. The van der Waals surface area contributed by atoms with Crippen LogP contribution in [0.4, 0.5) is 0 Å². The highest BCUT2D eigenvalue weighted by Gasteiger charge is 2.22. The molecule has 1 fully saturated rings. The van der Waals surface area contributed by atoms with E-state index < -0.39 is 12.0 Å². The largest absolute Gasteiger partial charge is 0.480 e. The number of carbonyl (C=O) groups is 2. The molecule has 0 radical (unpaired) electrons. The number of carboxylic acids is 1. The summed E-state index contributed by atoms with van der Waals surface area (Å²) in [6.45, 7) is 2.03. The van der Waals surface area contributed by atoms with Crippen molar-refractivity contribution in [2.75, 3.05) is 12.0 Å². The van der Waals surface area contributed by atoms with E-state index in [2.05, 4.69) is 17.5 Å². The predicted octanol–water partition coefficient (Wildman–Crippen LogP) is 6.58. The maximum Gasteiger partial charge on any atom is 0.326 e. The van der Waals surface area contributed by atoms with Crippen molar-refractivity contribution in [2.45, 2.75) is 57.9 Å². The zero-order valence-corrected chi connectivity index (χ0v) is 20.5. The highest BCUT2D eigenvalue weighted by atomic mass is 32.2. The van der Waals surface area contributed by atoms with Gasteiger partial charge in [0.2, 0.25) is 0 Å². The molecule has 1 unspecified atom stereocenters. The van der Waals surface area contributed by atoms with Crippen molar-refractivity contribution in [3.05, 3.63) is 65.2 Å². The van der Waals surface area contributed by atoms with Gasteiger partial charge in [-0.2, -0.15) is 11.8 Å². The smallest absolute Gasteiger partial charge is 0.326 e. The zero-order chi connectivity index (χ0) is 23.6. The van der Waals surface area contributed by atoms with Crippen molar-refractivity contribution in [2.24, 2.45) is 5.92 Å². The first-order valence-electron chi connectivity index (χ1n) is 11.9. The number of amides is 1.